The molecule has 0 aliphatic carbocycles. The van der Waals surface area contributed by atoms with Gasteiger partial charge >= 0.3 is 0 Å². The molecule has 100 valence electrons. The zero-order chi connectivity index (χ0) is 13.5. The van der Waals surface area contributed by atoms with Crippen molar-refractivity contribution in [1.29, 1.82) is 0 Å². The van der Waals surface area contributed by atoms with Crippen molar-refractivity contribution in [3.05, 3.63) is 71.8 Å². The first-order chi connectivity index (χ1) is 9.24. The standard InChI is InChI=1S/C16H22OSi2/c1-18(2)17-19(13-15-9-5-3-6-10-15)14-16-11-7-4-8-12-16/h3-12,18-19H,13-14H2,1-2H3. The van der Waals surface area contributed by atoms with Crippen molar-refractivity contribution in [1.82, 2.24) is 0 Å². The molecule has 3 heteroatoms. The van der Waals surface area contributed by atoms with E-state index in [4.69, 9.17) is 4.12 Å². The van der Waals surface area contributed by atoms with E-state index in [0.717, 1.165) is 12.1 Å². The van der Waals surface area contributed by atoms with Gasteiger partial charge in [-0.1, -0.05) is 60.7 Å². The van der Waals surface area contributed by atoms with Gasteiger partial charge in [0.05, 0.1) is 0 Å². The van der Waals surface area contributed by atoms with Gasteiger partial charge < -0.3 is 4.12 Å². The number of rotatable bonds is 6. The average Bonchev–Trinajstić information content (AvgIpc) is 2.40. The van der Waals surface area contributed by atoms with Crippen LogP contribution in [-0.4, -0.2) is 18.1 Å². The fraction of sp³-hybridized carbons (Fsp3) is 0.250. The van der Waals surface area contributed by atoms with Crippen molar-refractivity contribution in [3.63, 3.8) is 0 Å². The molecule has 0 aliphatic rings. The summed E-state index contributed by atoms with van der Waals surface area (Å²) in [7, 11) is -2.13. The van der Waals surface area contributed by atoms with Crippen LogP contribution >= 0.6 is 0 Å². The van der Waals surface area contributed by atoms with E-state index in [9.17, 15) is 0 Å². The van der Waals surface area contributed by atoms with Gasteiger partial charge in [-0.05, 0) is 36.3 Å². The average molecular weight is 287 g/mol. The van der Waals surface area contributed by atoms with Crippen LogP contribution in [0.1, 0.15) is 11.1 Å². The normalized spacial score (nSPS) is 11.2. The number of hydrogen-bond acceptors (Lipinski definition) is 1. The summed E-state index contributed by atoms with van der Waals surface area (Å²) in [6.45, 7) is 4.55. The predicted octanol–water partition coefficient (Wildman–Crippen LogP) is 3.27. The molecule has 0 spiro atoms. The van der Waals surface area contributed by atoms with Crippen molar-refractivity contribution in [2.45, 2.75) is 25.2 Å². The Balaban J connectivity index is 2.03. The maximum atomic E-state index is 6.34. The lowest BCUT2D eigenvalue weighted by Crippen LogP contribution is -2.30. The molecule has 2 aromatic carbocycles. The van der Waals surface area contributed by atoms with Gasteiger partial charge in [0.25, 0.3) is 0 Å². The SMILES string of the molecule is C[SiH](C)O[SiH](Cc1ccccc1)Cc1ccccc1. The zero-order valence-electron chi connectivity index (χ0n) is 11.8. The summed E-state index contributed by atoms with van der Waals surface area (Å²) in [6.07, 6.45) is 0. The Morgan fingerprint density at radius 3 is 1.53 bits per heavy atom. The predicted molar refractivity (Wildman–Crippen MR) is 87.4 cm³/mol. The summed E-state index contributed by atoms with van der Waals surface area (Å²) in [5.74, 6) is 0. The first-order valence-corrected chi connectivity index (χ1v) is 11.9. The third kappa shape index (κ3) is 5.14. The minimum atomic E-state index is -1.18. The molecule has 0 bridgehead atoms. The first kappa shape index (κ1) is 14.2. The Morgan fingerprint density at radius 2 is 1.16 bits per heavy atom. The molecular weight excluding hydrogens is 264 g/mol. The summed E-state index contributed by atoms with van der Waals surface area (Å²) in [4.78, 5) is 0. The molecule has 19 heavy (non-hydrogen) atoms. The van der Waals surface area contributed by atoms with Crippen LogP contribution in [0.3, 0.4) is 0 Å². The first-order valence-electron chi connectivity index (χ1n) is 6.97. The number of benzene rings is 2. The molecular formula is C16H22OSi2. The van der Waals surface area contributed by atoms with E-state index in [1.807, 2.05) is 0 Å². The fourth-order valence-electron chi connectivity index (χ4n) is 2.31. The third-order valence-electron chi connectivity index (χ3n) is 3.08. The van der Waals surface area contributed by atoms with Gasteiger partial charge in [0.2, 0.25) is 0 Å². The van der Waals surface area contributed by atoms with Gasteiger partial charge in [0.15, 0.2) is 18.1 Å². The molecule has 0 atom stereocenters. The Bertz CT molecular complexity index is 429. The molecule has 0 saturated carbocycles. The highest BCUT2D eigenvalue weighted by atomic mass is 28.4. The smallest absolute Gasteiger partial charge is 0.171 e. The molecule has 0 N–H and O–H groups in total. The van der Waals surface area contributed by atoms with Crippen molar-refractivity contribution in [3.8, 4) is 0 Å². The number of hydrogen-bond donors (Lipinski definition) is 0. The summed E-state index contributed by atoms with van der Waals surface area (Å²) in [5.41, 5.74) is 2.84. The Labute approximate surface area is 119 Å². The van der Waals surface area contributed by atoms with Crippen LogP contribution < -0.4 is 0 Å². The van der Waals surface area contributed by atoms with Gasteiger partial charge in [-0.25, -0.2) is 0 Å². The second-order valence-electron chi connectivity index (χ2n) is 5.19. The summed E-state index contributed by atoms with van der Waals surface area (Å²) in [6, 6.07) is 23.8. The molecule has 2 aromatic rings. The van der Waals surface area contributed by atoms with E-state index in [0.29, 0.717) is 0 Å². The summed E-state index contributed by atoms with van der Waals surface area (Å²) >= 11 is 0. The molecule has 0 aromatic heterocycles. The van der Waals surface area contributed by atoms with Gasteiger partial charge in [0.1, 0.15) is 0 Å². The Kier molecular flexibility index (Phi) is 5.57. The van der Waals surface area contributed by atoms with E-state index in [-0.39, 0.29) is 0 Å². The van der Waals surface area contributed by atoms with Crippen molar-refractivity contribution >= 4 is 18.1 Å². The lowest BCUT2D eigenvalue weighted by atomic mass is 10.2. The van der Waals surface area contributed by atoms with E-state index in [1.165, 1.54) is 11.1 Å². The zero-order valence-corrected chi connectivity index (χ0v) is 14.1. The van der Waals surface area contributed by atoms with Crippen LogP contribution in [0.5, 0.6) is 0 Å². The molecule has 1 nitrogen and oxygen atoms in total. The lowest BCUT2D eigenvalue weighted by Gasteiger charge is -2.19. The van der Waals surface area contributed by atoms with Gasteiger partial charge in [-0.2, -0.15) is 0 Å². The van der Waals surface area contributed by atoms with E-state index in [1.54, 1.807) is 0 Å². The summed E-state index contributed by atoms with van der Waals surface area (Å²) < 4.78 is 6.34. The van der Waals surface area contributed by atoms with Crippen LogP contribution in [0, 0.1) is 0 Å². The highest BCUT2D eigenvalue weighted by Crippen LogP contribution is 2.10. The summed E-state index contributed by atoms with van der Waals surface area (Å²) in [5, 5.41) is 0. The van der Waals surface area contributed by atoms with Crippen molar-refractivity contribution in [2.75, 3.05) is 0 Å². The second kappa shape index (κ2) is 7.43. The van der Waals surface area contributed by atoms with Crippen molar-refractivity contribution < 1.29 is 4.12 Å². The minimum Gasteiger partial charge on any atom is -0.460 e. The van der Waals surface area contributed by atoms with Crippen LogP contribution in [0.4, 0.5) is 0 Å². The van der Waals surface area contributed by atoms with Crippen molar-refractivity contribution in [2.24, 2.45) is 0 Å². The Morgan fingerprint density at radius 1 is 0.737 bits per heavy atom. The monoisotopic (exact) mass is 286 g/mol. The van der Waals surface area contributed by atoms with Crippen LogP contribution in [-0.2, 0) is 16.2 Å². The Hall–Kier alpha value is -1.17. The highest BCUT2D eigenvalue weighted by molar-refractivity contribution is 6.64. The van der Waals surface area contributed by atoms with E-state index >= 15 is 0 Å². The minimum absolute atomic E-state index is 0.949. The lowest BCUT2D eigenvalue weighted by molar-refractivity contribution is 0.587. The van der Waals surface area contributed by atoms with Crippen LogP contribution in [0.15, 0.2) is 60.7 Å². The van der Waals surface area contributed by atoms with E-state index < -0.39 is 18.1 Å². The molecule has 0 unspecified atom stereocenters. The molecule has 0 amide bonds. The molecule has 0 heterocycles. The second-order valence-corrected chi connectivity index (χ2v) is 10.4. The van der Waals surface area contributed by atoms with Gasteiger partial charge in [0, 0.05) is 0 Å². The maximum absolute atomic E-state index is 6.34. The largest absolute Gasteiger partial charge is 0.460 e. The molecule has 0 saturated heterocycles. The molecule has 2 rings (SSSR count). The fourth-order valence-corrected chi connectivity index (χ4v) is 7.90. The van der Waals surface area contributed by atoms with Crippen LogP contribution in [0.2, 0.25) is 13.1 Å². The molecule has 0 radical (unpaired) electrons. The topological polar surface area (TPSA) is 9.23 Å². The third-order valence-corrected chi connectivity index (χ3v) is 8.65. The maximum Gasteiger partial charge on any atom is 0.171 e. The van der Waals surface area contributed by atoms with Gasteiger partial charge in [-0.3, -0.25) is 0 Å². The molecule has 0 fully saturated rings. The highest BCUT2D eigenvalue weighted by Gasteiger charge is 2.15. The van der Waals surface area contributed by atoms with E-state index in [2.05, 4.69) is 73.8 Å². The van der Waals surface area contributed by atoms with Crippen LogP contribution in [0.25, 0.3) is 0 Å². The quantitative estimate of drug-likeness (QED) is 0.741. The van der Waals surface area contributed by atoms with Gasteiger partial charge in [-0.15, -0.1) is 0 Å². The molecule has 0 aliphatic heterocycles.